The number of nitrogens with zero attached hydrogens (tertiary/aromatic N) is 3. The van der Waals surface area contributed by atoms with Crippen LogP contribution in [0.1, 0.15) is 42.1 Å². The molecule has 0 saturated carbocycles. The summed E-state index contributed by atoms with van der Waals surface area (Å²) >= 11 is 0. The van der Waals surface area contributed by atoms with Gasteiger partial charge in [0.15, 0.2) is 5.65 Å². The number of rotatable bonds is 6. The van der Waals surface area contributed by atoms with Gasteiger partial charge in [0.25, 0.3) is 5.91 Å². The Morgan fingerprint density at radius 1 is 1.39 bits per heavy atom. The second-order valence-corrected chi connectivity index (χ2v) is 7.89. The summed E-state index contributed by atoms with van der Waals surface area (Å²) in [6.07, 6.45) is 5.01. The molecule has 4 rings (SSSR count). The number of aromatic nitrogens is 3. The van der Waals surface area contributed by atoms with Crippen LogP contribution in [0, 0.1) is 5.82 Å². The Morgan fingerprint density at radius 3 is 2.82 bits per heavy atom. The number of nitrogens with two attached hydrogens (primary N) is 1. The summed E-state index contributed by atoms with van der Waals surface area (Å²) in [4.78, 5) is 18.9. The van der Waals surface area contributed by atoms with Gasteiger partial charge in [-0.25, -0.2) is 13.9 Å². The van der Waals surface area contributed by atoms with E-state index in [4.69, 9.17) is 10.5 Å². The van der Waals surface area contributed by atoms with Gasteiger partial charge in [-0.3, -0.25) is 9.89 Å². The highest BCUT2D eigenvalue weighted by atomic mass is 19.1. The lowest BCUT2D eigenvalue weighted by atomic mass is 9.75. The second-order valence-electron chi connectivity index (χ2n) is 7.89. The number of aromatic amines is 1. The summed E-state index contributed by atoms with van der Waals surface area (Å²) < 4.78 is 20.8. The number of ether oxygens (including phenoxy) is 1. The minimum Gasteiger partial charge on any atom is -0.385 e. The fraction of sp³-hybridized carbons (Fsp3) is 0.500. The normalized spacial score (nSPS) is 17.5. The lowest BCUT2D eigenvalue weighted by molar-refractivity contribution is 0.100. The number of nitrogens with one attached hydrogen (secondary N) is 1. The molecule has 8 heteroatoms. The zero-order valence-corrected chi connectivity index (χ0v) is 16.3. The maximum Gasteiger partial charge on any atom is 0.251 e. The summed E-state index contributed by atoms with van der Waals surface area (Å²) in [5, 5.41) is 3.20. The fourth-order valence-corrected chi connectivity index (χ4v) is 4.28. The smallest absolute Gasteiger partial charge is 0.251 e. The predicted octanol–water partition coefficient (Wildman–Crippen LogP) is 2.44. The molecule has 3 aromatic rings. The Kier molecular flexibility index (Phi) is 4.84. The first kappa shape index (κ1) is 18.9. The molecule has 0 atom stereocenters. The lowest BCUT2D eigenvalue weighted by Crippen LogP contribution is -2.41. The van der Waals surface area contributed by atoms with Crippen LogP contribution in [-0.2, 0) is 10.2 Å². The van der Waals surface area contributed by atoms with E-state index in [0.717, 1.165) is 56.7 Å². The summed E-state index contributed by atoms with van der Waals surface area (Å²) in [6, 6.07) is 2.51. The number of methoxy groups -OCH3 is 1. The van der Waals surface area contributed by atoms with Gasteiger partial charge in [-0.15, -0.1) is 0 Å². The van der Waals surface area contributed by atoms with Crippen LogP contribution in [0.15, 0.2) is 18.3 Å². The molecule has 2 aromatic heterocycles. The number of hydrogen-bond acceptors (Lipinski definition) is 4. The molecule has 1 aliphatic rings. The number of amides is 1. The quantitative estimate of drug-likeness (QED) is 0.636. The van der Waals surface area contributed by atoms with E-state index in [1.807, 2.05) is 6.20 Å². The predicted molar refractivity (Wildman–Crippen MR) is 105 cm³/mol. The molecule has 1 saturated heterocycles. The van der Waals surface area contributed by atoms with E-state index < -0.39 is 11.7 Å². The zero-order chi connectivity index (χ0) is 19.9. The Hall–Kier alpha value is -2.45. The number of imidazole rings is 1. The number of carbonyl (C=O) groups excluding carboxylic acids is 1. The number of benzene rings is 1. The number of likely N-dealkylation sites (tertiary alicyclic amines) is 1. The van der Waals surface area contributed by atoms with Crippen LogP contribution in [0.2, 0.25) is 0 Å². The van der Waals surface area contributed by atoms with E-state index in [9.17, 15) is 9.18 Å². The Bertz CT molecular complexity index is 1020. The highest BCUT2D eigenvalue weighted by molar-refractivity contribution is 6.05. The van der Waals surface area contributed by atoms with Crippen molar-refractivity contribution in [1.82, 2.24) is 19.5 Å². The zero-order valence-electron chi connectivity index (χ0n) is 16.3. The van der Waals surface area contributed by atoms with Gasteiger partial charge in [0, 0.05) is 43.5 Å². The van der Waals surface area contributed by atoms with Gasteiger partial charge in [-0.1, -0.05) is 6.92 Å². The number of carbonyl (C=O) groups is 1. The monoisotopic (exact) mass is 387 g/mol. The van der Waals surface area contributed by atoms with Crippen molar-refractivity contribution in [1.29, 1.82) is 0 Å². The van der Waals surface area contributed by atoms with Crippen molar-refractivity contribution in [3.05, 3.63) is 35.3 Å². The minimum atomic E-state index is -0.668. The topological polar surface area (TPSA) is 88.7 Å². The van der Waals surface area contributed by atoms with Gasteiger partial charge in [0.1, 0.15) is 11.3 Å². The van der Waals surface area contributed by atoms with Crippen LogP contribution < -0.4 is 5.73 Å². The summed E-state index contributed by atoms with van der Waals surface area (Å²) in [7, 11) is 1.73. The molecule has 1 aromatic carbocycles. The van der Waals surface area contributed by atoms with Crippen molar-refractivity contribution < 1.29 is 13.9 Å². The van der Waals surface area contributed by atoms with Gasteiger partial charge in [0.05, 0.1) is 11.1 Å². The van der Waals surface area contributed by atoms with Crippen molar-refractivity contribution in [2.45, 2.75) is 31.6 Å². The van der Waals surface area contributed by atoms with Crippen LogP contribution in [-0.4, -0.2) is 58.8 Å². The maximum atomic E-state index is 13.9. The third-order valence-corrected chi connectivity index (χ3v) is 5.99. The number of H-pyrrole nitrogens is 1. The third kappa shape index (κ3) is 3.16. The molecule has 1 amide bonds. The van der Waals surface area contributed by atoms with E-state index in [1.54, 1.807) is 11.6 Å². The van der Waals surface area contributed by atoms with Gasteiger partial charge in [-0.2, -0.15) is 0 Å². The summed E-state index contributed by atoms with van der Waals surface area (Å²) in [5.74, 6) is -1.18. The van der Waals surface area contributed by atoms with Crippen LogP contribution in [0.25, 0.3) is 16.7 Å². The van der Waals surface area contributed by atoms with Crippen molar-refractivity contribution in [3.8, 4) is 0 Å². The van der Waals surface area contributed by atoms with Gasteiger partial charge >= 0.3 is 0 Å². The van der Waals surface area contributed by atoms with E-state index in [1.165, 1.54) is 12.1 Å². The third-order valence-electron chi connectivity index (χ3n) is 5.99. The van der Waals surface area contributed by atoms with Crippen LogP contribution in [0.3, 0.4) is 0 Å². The van der Waals surface area contributed by atoms with Gasteiger partial charge in [0.2, 0.25) is 0 Å². The molecule has 1 aliphatic heterocycles. The number of halogens is 1. The molecule has 0 aliphatic carbocycles. The van der Waals surface area contributed by atoms with Crippen molar-refractivity contribution in [2.75, 3.05) is 33.4 Å². The molecular weight excluding hydrogens is 361 g/mol. The molecule has 0 spiro atoms. The standard InChI is InChI=1S/C20H26FN5O2/c1-20(4-7-25(8-5-20)6-3-9-28-2)15-12-23-26-17-14(18(22)27)10-13(21)11-16(17)24-19(15)26/h10-12,23H,3-9H2,1-2H3,(H2,22,27). The Morgan fingerprint density at radius 2 is 2.14 bits per heavy atom. The lowest BCUT2D eigenvalue weighted by Gasteiger charge is -2.39. The number of primary amides is 1. The first-order valence-corrected chi connectivity index (χ1v) is 9.63. The first-order valence-electron chi connectivity index (χ1n) is 9.63. The summed E-state index contributed by atoms with van der Waals surface area (Å²) in [6.45, 7) is 6.10. The average Bonchev–Trinajstić information content (AvgIpc) is 3.21. The van der Waals surface area contributed by atoms with E-state index >= 15 is 0 Å². The number of piperidine rings is 1. The van der Waals surface area contributed by atoms with Crippen LogP contribution in [0.5, 0.6) is 0 Å². The van der Waals surface area contributed by atoms with Crippen molar-refractivity contribution >= 4 is 22.6 Å². The molecule has 0 radical (unpaired) electrons. The van der Waals surface area contributed by atoms with E-state index in [0.29, 0.717) is 11.0 Å². The molecule has 3 heterocycles. The average molecular weight is 387 g/mol. The molecule has 28 heavy (non-hydrogen) atoms. The molecule has 7 nitrogen and oxygen atoms in total. The van der Waals surface area contributed by atoms with E-state index in [2.05, 4.69) is 21.9 Å². The molecular formula is C20H26FN5O2. The molecule has 150 valence electrons. The van der Waals surface area contributed by atoms with Crippen LogP contribution >= 0.6 is 0 Å². The maximum absolute atomic E-state index is 13.9. The number of fused-ring (bicyclic) bond motifs is 3. The largest absolute Gasteiger partial charge is 0.385 e. The highest BCUT2D eigenvalue weighted by Crippen LogP contribution is 2.38. The van der Waals surface area contributed by atoms with Crippen LogP contribution in [0.4, 0.5) is 4.39 Å². The SMILES string of the molecule is COCCCN1CCC(C)(c2c[nH]n3c2nc2cc(F)cc(C(N)=O)c23)CC1. The molecule has 0 bridgehead atoms. The minimum absolute atomic E-state index is 0.0359. The highest BCUT2D eigenvalue weighted by Gasteiger charge is 2.35. The Balaban J connectivity index is 1.67. The Labute approximate surface area is 162 Å². The van der Waals surface area contributed by atoms with Crippen molar-refractivity contribution in [3.63, 3.8) is 0 Å². The molecule has 0 unspecified atom stereocenters. The molecule has 3 N–H and O–H groups in total. The number of hydrogen-bond donors (Lipinski definition) is 2. The van der Waals surface area contributed by atoms with E-state index in [-0.39, 0.29) is 11.0 Å². The van der Waals surface area contributed by atoms with Gasteiger partial charge < -0.3 is 15.4 Å². The summed E-state index contributed by atoms with van der Waals surface area (Å²) in [5.41, 5.74) is 8.35. The van der Waals surface area contributed by atoms with Gasteiger partial charge in [-0.05, 0) is 38.4 Å². The first-order chi connectivity index (χ1) is 13.4. The van der Waals surface area contributed by atoms with Crippen molar-refractivity contribution in [2.24, 2.45) is 5.73 Å². The second kappa shape index (κ2) is 7.18. The fourth-order valence-electron chi connectivity index (χ4n) is 4.28. The molecule has 1 fully saturated rings.